The van der Waals surface area contributed by atoms with E-state index in [1.54, 1.807) is 6.20 Å². The highest BCUT2D eigenvalue weighted by molar-refractivity contribution is 5.74. The molecule has 1 aliphatic heterocycles. The van der Waals surface area contributed by atoms with E-state index < -0.39 is 0 Å². The van der Waals surface area contributed by atoms with Crippen LogP contribution in [-0.4, -0.2) is 35.6 Å². The number of likely N-dealkylation sites (tertiary alicyclic amines) is 1. The Bertz CT molecular complexity index is 794. The van der Waals surface area contributed by atoms with Crippen molar-refractivity contribution in [3.8, 4) is 17.4 Å². The highest BCUT2D eigenvalue weighted by Gasteiger charge is 2.42. The Labute approximate surface area is 159 Å². The van der Waals surface area contributed by atoms with Gasteiger partial charge in [-0.05, 0) is 67.5 Å². The van der Waals surface area contributed by atoms with Crippen molar-refractivity contribution in [1.29, 1.82) is 0 Å². The standard InChI is InChI=1S/C21H25N3O3/c1-2-26-18-3-5-19(6-4-18)27-20-11-15(7-9-22-20)13-23-21(25)24-10-8-16-12-17(16)14-24/h3-7,9,11,16-17H,2,8,10,12-14H2,1H3,(H,23,25). The van der Waals surface area contributed by atoms with Gasteiger partial charge < -0.3 is 19.7 Å². The van der Waals surface area contributed by atoms with Crippen molar-refractivity contribution in [3.05, 3.63) is 48.2 Å². The largest absolute Gasteiger partial charge is 0.494 e. The summed E-state index contributed by atoms with van der Waals surface area (Å²) in [5, 5.41) is 3.01. The van der Waals surface area contributed by atoms with Crippen LogP contribution in [0.4, 0.5) is 4.79 Å². The van der Waals surface area contributed by atoms with E-state index >= 15 is 0 Å². The van der Waals surface area contributed by atoms with Crippen molar-refractivity contribution in [2.75, 3.05) is 19.7 Å². The van der Waals surface area contributed by atoms with Gasteiger partial charge in [-0.3, -0.25) is 0 Å². The number of hydrogen-bond donors (Lipinski definition) is 1. The molecule has 1 aromatic carbocycles. The molecule has 27 heavy (non-hydrogen) atoms. The number of piperidine rings is 1. The number of aromatic nitrogens is 1. The second kappa shape index (κ2) is 7.86. The number of fused-ring (bicyclic) bond motifs is 1. The summed E-state index contributed by atoms with van der Waals surface area (Å²) in [7, 11) is 0. The van der Waals surface area contributed by atoms with Gasteiger partial charge in [0.15, 0.2) is 0 Å². The quantitative estimate of drug-likeness (QED) is 0.843. The Balaban J connectivity index is 1.31. The molecule has 2 amide bonds. The summed E-state index contributed by atoms with van der Waals surface area (Å²) in [5.74, 6) is 3.62. The predicted octanol–water partition coefficient (Wildman–Crippen LogP) is 3.82. The number of urea groups is 1. The summed E-state index contributed by atoms with van der Waals surface area (Å²) in [5.41, 5.74) is 0.959. The fraction of sp³-hybridized carbons (Fsp3) is 0.429. The van der Waals surface area contributed by atoms with Gasteiger partial charge in [-0.1, -0.05) is 0 Å². The Morgan fingerprint density at radius 3 is 2.81 bits per heavy atom. The lowest BCUT2D eigenvalue weighted by Crippen LogP contribution is -2.43. The maximum atomic E-state index is 12.4. The van der Waals surface area contributed by atoms with Gasteiger partial charge in [-0.15, -0.1) is 0 Å². The number of ether oxygens (including phenoxy) is 2. The van der Waals surface area contributed by atoms with E-state index in [9.17, 15) is 4.79 Å². The highest BCUT2D eigenvalue weighted by Crippen LogP contribution is 2.44. The number of carbonyl (C=O) groups is 1. The third kappa shape index (κ3) is 4.51. The number of pyridine rings is 1. The first-order valence-electron chi connectivity index (χ1n) is 9.59. The zero-order valence-corrected chi connectivity index (χ0v) is 15.6. The summed E-state index contributed by atoms with van der Waals surface area (Å²) in [4.78, 5) is 18.5. The second-order valence-electron chi connectivity index (χ2n) is 7.16. The van der Waals surface area contributed by atoms with E-state index in [-0.39, 0.29) is 6.03 Å². The SMILES string of the molecule is CCOc1ccc(Oc2cc(CNC(=O)N3CCC4CC4C3)ccn2)cc1. The van der Waals surface area contributed by atoms with Crippen molar-refractivity contribution in [1.82, 2.24) is 15.2 Å². The minimum absolute atomic E-state index is 0.0196. The van der Waals surface area contributed by atoms with Crippen LogP contribution < -0.4 is 14.8 Å². The molecule has 1 saturated heterocycles. The molecule has 1 N–H and O–H groups in total. The zero-order chi connectivity index (χ0) is 18.6. The van der Waals surface area contributed by atoms with Crippen LogP contribution in [0.5, 0.6) is 17.4 Å². The summed E-state index contributed by atoms with van der Waals surface area (Å²) in [6, 6.07) is 11.2. The van der Waals surface area contributed by atoms with Gasteiger partial charge in [0.25, 0.3) is 0 Å². The number of carbonyl (C=O) groups excluding carboxylic acids is 1. The van der Waals surface area contributed by atoms with E-state index in [4.69, 9.17) is 9.47 Å². The molecule has 2 heterocycles. The van der Waals surface area contributed by atoms with Gasteiger partial charge in [-0.2, -0.15) is 0 Å². The van der Waals surface area contributed by atoms with Crippen LogP contribution in [0.2, 0.25) is 0 Å². The summed E-state index contributed by atoms with van der Waals surface area (Å²) in [6.45, 7) is 4.82. The van der Waals surface area contributed by atoms with Crippen LogP contribution in [0.15, 0.2) is 42.6 Å². The highest BCUT2D eigenvalue weighted by atomic mass is 16.5. The first kappa shape index (κ1) is 17.6. The average Bonchev–Trinajstić information content (AvgIpc) is 3.47. The molecule has 6 heteroatoms. The molecule has 2 aliphatic rings. The van der Waals surface area contributed by atoms with Gasteiger partial charge in [-0.25, -0.2) is 9.78 Å². The molecule has 1 saturated carbocycles. The van der Waals surface area contributed by atoms with Gasteiger partial charge in [0.2, 0.25) is 5.88 Å². The molecule has 0 spiro atoms. The first-order valence-corrected chi connectivity index (χ1v) is 9.59. The van der Waals surface area contributed by atoms with Crippen LogP contribution in [0.1, 0.15) is 25.3 Å². The second-order valence-corrected chi connectivity index (χ2v) is 7.16. The van der Waals surface area contributed by atoms with Crippen LogP contribution in [-0.2, 0) is 6.54 Å². The maximum absolute atomic E-state index is 12.4. The first-order chi connectivity index (χ1) is 13.2. The van der Waals surface area contributed by atoms with E-state index in [1.165, 1.54) is 6.42 Å². The van der Waals surface area contributed by atoms with E-state index in [0.717, 1.165) is 42.7 Å². The van der Waals surface area contributed by atoms with Gasteiger partial charge in [0.05, 0.1) is 6.61 Å². The average molecular weight is 367 g/mol. The van der Waals surface area contributed by atoms with E-state index in [2.05, 4.69) is 10.3 Å². The summed E-state index contributed by atoms with van der Waals surface area (Å²) < 4.78 is 11.2. The molecule has 6 nitrogen and oxygen atoms in total. The fourth-order valence-corrected chi connectivity index (χ4v) is 3.56. The van der Waals surface area contributed by atoms with Crippen LogP contribution in [0.3, 0.4) is 0 Å². The van der Waals surface area contributed by atoms with Gasteiger partial charge in [0, 0.05) is 31.9 Å². The fourth-order valence-electron chi connectivity index (χ4n) is 3.56. The molecule has 2 aromatic rings. The molecule has 4 rings (SSSR count). The van der Waals surface area contributed by atoms with Crippen molar-refractivity contribution >= 4 is 6.03 Å². The molecule has 2 atom stereocenters. The van der Waals surface area contributed by atoms with Crippen LogP contribution >= 0.6 is 0 Å². The molecular formula is C21H25N3O3. The van der Waals surface area contributed by atoms with Crippen LogP contribution in [0.25, 0.3) is 0 Å². The normalized spacial score (nSPS) is 20.6. The van der Waals surface area contributed by atoms with Gasteiger partial charge >= 0.3 is 6.03 Å². The molecule has 2 fully saturated rings. The summed E-state index contributed by atoms with van der Waals surface area (Å²) in [6.07, 6.45) is 4.13. The lowest BCUT2D eigenvalue weighted by molar-refractivity contribution is 0.183. The molecule has 1 aliphatic carbocycles. The van der Waals surface area contributed by atoms with Crippen molar-refractivity contribution in [3.63, 3.8) is 0 Å². The monoisotopic (exact) mass is 367 g/mol. The number of nitrogens with zero attached hydrogens (tertiary/aromatic N) is 2. The Kier molecular flexibility index (Phi) is 5.14. The molecule has 0 radical (unpaired) electrons. The van der Waals surface area contributed by atoms with Crippen molar-refractivity contribution in [2.24, 2.45) is 11.8 Å². The molecule has 142 valence electrons. The molecule has 1 aromatic heterocycles. The number of amides is 2. The number of rotatable bonds is 6. The minimum Gasteiger partial charge on any atom is -0.494 e. The molecule has 2 unspecified atom stereocenters. The minimum atomic E-state index is 0.0196. The predicted molar refractivity (Wildman–Crippen MR) is 102 cm³/mol. The molecule has 0 bridgehead atoms. The topological polar surface area (TPSA) is 63.7 Å². The third-order valence-corrected chi connectivity index (χ3v) is 5.18. The van der Waals surface area contributed by atoms with E-state index in [1.807, 2.05) is 48.2 Å². The maximum Gasteiger partial charge on any atom is 0.317 e. The Morgan fingerprint density at radius 2 is 2.04 bits per heavy atom. The Morgan fingerprint density at radius 1 is 1.22 bits per heavy atom. The molecular weight excluding hydrogens is 342 g/mol. The van der Waals surface area contributed by atoms with E-state index in [0.29, 0.717) is 24.8 Å². The van der Waals surface area contributed by atoms with Crippen molar-refractivity contribution < 1.29 is 14.3 Å². The van der Waals surface area contributed by atoms with Crippen LogP contribution in [0, 0.1) is 11.8 Å². The lowest BCUT2D eigenvalue weighted by Gasteiger charge is -2.26. The summed E-state index contributed by atoms with van der Waals surface area (Å²) >= 11 is 0. The zero-order valence-electron chi connectivity index (χ0n) is 15.6. The van der Waals surface area contributed by atoms with Crippen molar-refractivity contribution in [2.45, 2.75) is 26.3 Å². The van der Waals surface area contributed by atoms with Gasteiger partial charge in [0.1, 0.15) is 11.5 Å². The lowest BCUT2D eigenvalue weighted by atomic mass is 10.1. The third-order valence-electron chi connectivity index (χ3n) is 5.18. The Hall–Kier alpha value is -2.76. The number of hydrogen-bond acceptors (Lipinski definition) is 4. The smallest absolute Gasteiger partial charge is 0.317 e. The number of benzene rings is 1. The number of nitrogens with one attached hydrogen (secondary N) is 1.